The molecule has 0 amide bonds. The van der Waals surface area contributed by atoms with Gasteiger partial charge in [0, 0.05) is 18.3 Å². The molecule has 0 unspecified atom stereocenters. The number of aliphatic hydroxyl groups excluding tert-OH is 1. The van der Waals surface area contributed by atoms with Crippen molar-refractivity contribution in [2.24, 2.45) is 0 Å². The predicted molar refractivity (Wildman–Crippen MR) is 64.6 cm³/mol. The summed E-state index contributed by atoms with van der Waals surface area (Å²) in [7, 11) is 0. The van der Waals surface area contributed by atoms with Crippen LogP contribution in [-0.2, 0) is 11.3 Å². The van der Waals surface area contributed by atoms with Crippen LogP contribution < -0.4 is 0 Å². The van der Waals surface area contributed by atoms with Crippen LogP contribution in [0.4, 0.5) is 0 Å². The second kappa shape index (κ2) is 5.48. The molecule has 0 spiro atoms. The fraction of sp³-hybridized carbons (Fsp3) is 0.308. The molecule has 88 valence electrons. The van der Waals surface area contributed by atoms with Crippen molar-refractivity contribution < 1.29 is 9.84 Å². The van der Waals surface area contributed by atoms with Gasteiger partial charge in [0.2, 0.25) is 0 Å². The van der Waals surface area contributed by atoms with E-state index in [9.17, 15) is 0 Å². The van der Waals surface area contributed by atoms with Gasteiger partial charge in [-0.25, -0.2) is 0 Å². The number of aliphatic hydroxyl groups is 1. The van der Waals surface area contributed by atoms with E-state index >= 15 is 0 Å². The molecule has 1 aromatic heterocycles. The van der Waals surface area contributed by atoms with Crippen molar-refractivity contribution in [2.75, 3.05) is 19.8 Å². The maximum absolute atomic E-state index is 8.86. The van der Waals surface area contributed by atoms with Gasteiger partial charge in [-0.1, -0.05) is 6.07 Å². The van der Waals surface area contributed by atoms with Crippen LogP contribution in [0.2, 0.25) is 0 Å². The number of ether oxygens (including phenoxy) is 1. The van der Waals surface area contributed by atoms with Gasteiger partial charge < -0.3 is 14.4 Å². The molecule has 0 aliphatic heterocycles. The molecule has 0 saturated heterocycles. The maximum atomic E-state index is 8.86. The lowest BCUT2D eigenvalue weighted by atomic mass is 10.2. The van der Waals surface area contributed by atoms with Gasteiger partial charge in [-0.05, 0) is 23.6 Å². The first kappa shape index (κ1) is 11.6. The van der Waals surface area contributed by atoms with E-state index in [2.05, 4.69) is 6.07 Å². The van der Waals surface area contributed by atoms with Crippen molar-refractivity contribution in [1.29, 1.82) is 5.26 Å². The number of fused-ring (bicyclic) bond motifs is 1. The Bertz CT molecular complexity index is 540. The van der Waals surface area contributed by atoms with Gasteiger partial charge in [-0.15, -0.1) is 0 Å². The summed E-state index contributed by atoms with van der Waals surface area (Å²) in [4.78, 5) is 0. The minimum Gasteiger partial charge on any atom is -0.394 e. The van der Waals surface area contributed by atoms with Crippen LogP contribution in [0.15, 0.2) is 30.5 Å². The summed E-state index contributed by atoms with van der Waals surface area (Å²) >= 11 is 0. The molecule has 1 heterocycles. The second-order valence-electron chi connectivity index (χ2n) is 3.73. The molecule has 4 nitrogen and oxygen atoms in total. The monoisotopic (exact) mass is 230 g/mol. The average molecular weight is 230 g/mol. The molecule has 1 N–H and O–H groups in total. The van der Waals surface area contributed by atoms with Gasteiger partial charge in [0.15, 0.2) is 0 Å². The lowest BCUT2D eigenvalue weighted by molar-refractivity contribution is 0.0875. The van der Waals surface area contributed by atoms with E-state index < -0.39 is 0 Å². The molecular weight excluding hydrogens is 216 g/mol. The fourth-order valence-electron chi connectivity index (χ4n) is 1.78. The third kappa shape index (κ3) is 2.64. The van der Waals surface area contributed by atoms with Crippen LogP contribution in [-0.4, -0.2) is 29.5 Å². The Morgan fingerprint density at radius 1 is 1.29 bits per heavy atom. The molecule has 0 fully saturated rings. The Morgan fingerprint density at radius 2 is 2.18 bits per heavy atom. The Labute approximate surface area is 99.7 Å². The van der Waals surface area contributed by atoms with Crippen LogP contribution in [0, 0.1) is 11.3 Å². The van der Waals surface area contributed by atoms with E-state index in [-0.39, 0.29) is 6.61 Å². The predicted octanol–water partition coefficient (Wildman–Crippen LogP) is 1.52. The zero-order chi connectivity index (χ0) is 12.1. The second-order valence-corrected chi connectivity index (χ2v) is 3.73. The van der Waals surface area contributed by atoms with E-state index in [1.54, 1.807) is 0 Å². The molecular formula is C13H14N2O2. The topological polar surface area (TPSA) is 58.2 Å². The highest BCUT2D eigenvalue weighted by Gasteiger charge is 2.02. The first-order valence-corrected chi connectivity index (χ1v) is 5.53. The molecule has 0 radical (unpaired) electrons. The van der Waals surface area contributed by atoms with Gasteiger partial charge in [0.25, 0.3) is 0 Å². The maximum Gasteiger partial charge on any atom is 0.0992 e. The largest absolute Gasteiger partial charge is 0.394 e. The van der Waals surface area contributed by atoms with Gasteiger partial charge in [0.1, 0.15) is 0 Å². The van der Waals surface area contributed by atoms with Crippen LogP contribution in [0.25, 0.3) is 10.9 Å². The minimum absolute atomic E-state index is 0.0466. The van der Waals surface area contributed by atoms with Crippen LogP contribution in [0.3, 0.4) is 0 Å². The third-order valence-corrected chi connectivity index (χ3v) is 2.62. The van der Waals surface area contributed by atoms with Gasteiger partial charge in [0.05, 0.1) is 31.5 Å². The van der Waals surface area contributed by atoms with Gasteiger partial charge in [-0.2, -0.15) is 5.26 Å². The van der Waals surface area contributed by atoms with Crippen LogP contribution in [0.5, 0.6) is 0 Å². The highest BCUT2D eigenvalue weighted by atomic mass is 16.5. The standard InChI is InChI=1S/C13H14N2O2/c14-10-11-1-2-12-3-4-15(13(12)9-11)5-7-17-8-6-16/h1-4,9,16H,5-8H2. The molecule has 0 aliphatic carbocycles. The Morgan fingerprint density at radius 3 is 2.94 bits per heavy atom. The quantitative estimate of drug-likeness (QED) is 0.792. The summed E-state index contributed by atoms with van der Waals surface area (Å²) in [5.74, 6) is 0. The van der Waals surface area contributed by atoms with Gasteiger partial charge in [-0.3, -0.25) is 0 Å². The third-order valence-electron chi connectivity index (χ3n) is 2.62. The first-order chi connectivity index (χ1) is 8.35. The smallest absolute Gasteiger partial charge is 0.0992 e. The molecule has 17 heavy (non-hydrogen) atoms. The van der Waals surface area contributed by atoms with Crippen molar-refractivity contribution in [1.82, 2.24) is 4.57 Å². The summed E-state index contributed by atoms with van der Waals surface area (Å²) in [5, 5.41) is 18.6. The number of hydrogen-bond acceptors (Lipinski definition) is 3. The lowest BCUT2D eigenvalue weighted by Gasteiger charge is -2.06. The summed E-state index contributed by atoms with van der Waals surface area (Å²) in [6, 6.07) is 9.79. The van der Waals surface area contributed by atoms with Crippen LogP contribution >= 0.6 is 0 Å². The van der Waals surface area contributed by atoms with E-state index in [1.165, 1.54) is 0 Å². The molecule has 2 rings (SSSR count). The Kier molecular flexibility index (Phi) is 3.76. The van der Waals surface area contributed by atoms with Crippen molar-refractivity contribution in [3.63, 3.8) is 0 Å². The van der Waals surface area contributed by atoms with Gasteiger partial charge >= 0.3 is 0 Å². The normalized spacial score (nSPS) is 10.6. The van der Waals surface area contributed by atoms with E-state index in [0.717, 1.165) is 17.4 Å². The lowest BCUT2D eigenvalue weighted by Crippen LogP contribution is -2.07. The molecule has 2 aromatic rings. The van der Waals surface area contributed by atoms with E-state index in [0.29, 0.717) is 18.8 Å². The highest BCUT2D eigenvalue weighted by molar-refractivity contribution is 5.81. The van der Waals surface area contributed by atoms with Crippen molar-refractivity contribution >= 4 is 10.9 Å². The van der Waals surface area contributed by atoms with Crippen molar-refractivity contribution in [2.45, 2.75) is 6.54 Å². The molecule has 0 saturated carbocycles. The number of rotatable bonds is 5. The van der Waals surface area contributed by atoms with E-state index in [4.69, 9.17) is 15.1 Å². The zero-order valence-electron chi connectivity index (χ0n) is 9.47. The van der Waals surface area contributed by atoms with Crippen molar-refractivity contribution in [3.8, 4) is 6.07 Å². The molecule has 4 heteroatoms. The fourth-order valence-corrected chi connectivity index (χ4v) is 1.78. The van der Waals surface area contributed by atoms with Crippen LogP contribution in [0.1, 0.15) is 5.56 Å². The molecule has 0 bridgehead atoms. The number of nitriles is 1. The SMILES string of the molecule is N#Cc1ccc2ccn(CCOCCO)c2c1. The number of aromatic nitrogens is 1. The number of benzene rings is 1. The highest BCUT2D eigenvalue weighted by Crippen LogP contribution is 2.17. The first-order valence-electron chi connectivity index (χ1n) is 5.53. The Hall–Kier alpha value is -1.83. The number of hydrogen-bond donors (Lipinski definition) is 1. The summed E-state index contributed by atoms with van der Waals surface area (Å²) in [6.45, 7) is 1.69. The van der Waals surface area contributed by atoms with E-state index in [1.807, 2.05) is 35.0 Å². The molecule has 0 atom stereocenters. The molecule has 0 aliphatic rings. The number of nitrogens with zero attached hydrogens (tertiary/aromatic N) is 2. The average Bonchev–Trinajstić information content (AvgIpc) is 2.77. The summed E-state index contributed by atoms with van der Waals surface area (Å²) in [5.41, 5.74) is 1.70. The summed E-state index contributed by atoms with van der Waals surface area (Å²) < 4.78 is 7.27. The summed E-state index contributed by atoms with van der Waals surface area (Å²) in [6.07, 6.45) is 1.98. The minimum atomic E-state index is 0.0466. The van der Waals surface area contributed by atoms with Crippen molar-refractivity contribution in [3.05, 3.63) is 36.0 Å². The molecule has 1 aromatic carbocycles. The zero-order valence-corrected chi connectivity index (χ0v) is 9.47. The Balaban J connectivity index is 2.14.